The lowest BCUT2D eigenvalue weighted by atomic mass is 10.1. The van der Waals surface area contributed by atoms with Crippen molar-refractivity contribution in [2.24, 2.45) is 0 Å². The summed E-state index contributed by atoms with van der Waals surface area (Å²) >= 11 is 0. The molecular weight excluding hydrogens is 168 g/mol. The second-order valence-corrected chi connectivity index (χ2v) is 2.86. The summed E-state index contributed by atoms with van der Waals surface area (Å²) in [6, 6.07) is 0. The molecule has 1 heterocycles. The Balaban J connectivity index is 2.93. The number of aromatic nitrogens is 2. The molecule has 1 aromatic rings. The minimum absolute atomic E-state index is 0.214. The highest BCUT2D eigenvalue weighted by atomic mass is 16.5. The van der Waals surface area contributed by atoms with E-state index in [0.717, 1.165) is 0 Å². The first-order valence-corrected chi connectivity index (χ1v) is 4.09. The molecule has 13 heavy (non-hydrogen) atoms. The maximum Gasteiger partial charge on any atom is 0.223 e. The van der Waals surface area contributed by atoms with E-state index in [1.165, 1.54) is 0 Å². The Morgan fingerprint density at radius 3 is 2.77 bits per heavy atom. The zero-order chi connectivity index (χ0) is 9.90. The summed E-state index contributed by atoms with van der Waals surface area (Å²) in [5.74, 6) is 6.07. The molecular formula is C9H12N2O2. The highest BCUT2D eigenvalue weighted by Gasteiger charge is 2.25. The normalized spacial score (nSPS) is 14.5. The van der Waals surface area contributed by atoms with Crippen molar-refractivity contribution in [1.82, 2.24) is 10.1 Å². The van der Waals surface area contributed by atoms with E-state index in [1.54, 1.807) is 13.8 Å². The van der Waals surface area contributed by atoms with Gasteiger partial charge in [-0.25, -0.2) is 0 Å². The van der Waals surface area contributed by atoms with Crippen molar-refractivity contribution >= 4 is 0 Å². The van der Waals surface area contributed by atoms with Gasteiger partial charge in [-0.1, -0.05) is 18.0 Å². The van der Waals surface area contributed by atoms with Crippen molar-refractivity contribution < 1.29 is 9.63 Å². The van der Waals surface area contributed by atoms with Crippen molar-refractivity contribution in [3.05, 3.63) is 11.7 Å². The van der Waals surface area contributed by atoms with Crippen LogP contribution in [0.5, 0.6) is 0 Å². The average molecular weight is 180 g/mol. The molecule has 0 aliphatic carbocycles. The van der Waals surface area contributed by atoms with Crippen LogP contribution in [0.15, 0.2) is 4.52 Å². The lowest BCUT2D eigenvalue weighted by Crippen LogP contribution is -2.20. The molecule has 1 atom stereocenters. The fourth-order valence-electron chi connectivity index (χ4n) is 0.813. The van der Waals surface area contributed by atoms with E-state index in [4.69, 9.17) is 4.52 Å². The first-order chi connectivity index (χ1) is 6.06. The van der Waals surface area contributed by atoms with Crippen LogP contribution in [-0.2, 0) is 5.60 Å². The highest BCUT2D eigenvalue weighted by Crippen LogP contribution is 2.15. The molecule has 0 bridgehead atoms. The van der Waals surface area contributed by atoms with Crippen LogP contribution in [0.3, 0.4) is 0 Å². The first kappa shape index (κ1) is 9.75. The number of rotatable bonds is 1. The molecule has 0 spiro atoms. The van der Waals surface area contributed by atoms with E-state index in [1.807, 2.05) is 6.92 Å². The Labute approximate surface area is 77.0 Å². The molecule has 0 aromatic carbocycles. The van der Waals surface area contributed by atoms with Gasteiger partial charge in [-0.3, -0.25) is 0 Å². The Morgan fingerprint density at radius 2 is 2.31 bits per heavy atom. The molecule has 70 valence electrons. The third-order valence-corrected chi connectivity index (χ3v) is 1.47. The second kappa shape index (κ2) is 3.58. The summed E-state index contributed by atoms with van der Waals surface area (Å²) in [6.07, 6.45) is 0.687. The van der Waals surface area contributed by atoms with Crippen LogP contribution in [0.2, 0.25) is 0 Å². The van der Waals surface area contributed by atoms with E-state index in [-0.39, 0.29) is 5.82 Å². The SMILES string of the molecule is CCC#CC(C)(O)c1noc(C)n1. The number of aryl methyl sites for hydroxylation is 1. The Hall–Kier alpha value is -1.34. The minimum atomic E-state index is -1.31. The second-order valence-electron chi connectivity index (χ2n) is 2.86. The largest absolute Gasteiger partial charge is 0.371 e. The van der Waals surface area contributed by atoms with Crippen LogP contribution in [0.25, 0.3) is 0 Å². The molecule has 0 fully saturated rings. The molecule has 1 rings (SSSR count). The third kappa shape index (κ3) is 2.30. The Bertz CT molecular complexity index is 344. The molecule has 0 amide bonds. The van der Waals surface area contributed by atoms with Gasteiger partial charge in [-0.05, 0) is 6.92 Å². The summed E-state index contributed by atoms with van der Waals surface area (Å²) in [7, 11) is 0. The van der Waals surface area contributed by atoms with Crippen molar-refractivity contribution in [3.8, 4) is 11.8 Å². The Morgan fingerprint density at radius 1 is 1.62 bits per heavy atom. The molecule has 0 aliphatic heterocycles. The summed E-state index contributed by atoms with van der Waals surface area (Å²) in [4.78, 5) is 3.90. The fraction of sp³-hybridized carbons (Fsp3) is 0.556. The van der Waals surface area contributed by atoms with Gasteiger partial charge >= 0.3 is 0 Å². The standard InChI is InChI=1S/C9H12N2O2/c1-4-5-6-9(3,12)8-10-7(2)13-11-8/h12H,4H2,1-3H3. The lowest BCUT2D eigenvalue weighted by molar-refractivity contribution is 0.108. The molecule has 1 N–H and O–H groups in total. The number of hydrogen-bond acceptors (Lipinski definition) is 4. The molecule has 0 aliphatic rings. The molecule has 0 saturated carbocycles. The van der Waals surface area contributed by atoms with Crippen LogP contribution < -0.4 is 0 Å². The fourth-order valence-corrected chi connectivity index (χ4v) is 0.813. The van der Waals surface area contributed by atoms with E-state index in [0.29, 0.717) is 12.3 Å². The van der Waals surface area contributed by atoms with Crippen molar-refractivity contribution in [2.45, 2.75) is 32.8 Å². The highest BCUT2D eigenvalue weighted by molar-refractivity contribution is 5.18. The van der Waals surface area contributed by atoms with Crippen LogP contribution in [0, 0.1) is 18.8 Å². The number of nitrogens with zero attached hydrogens (tertiary/aromatic N) is 2. The van der Waals surface area contributed by atoms with Gasteiger partial charge in [-0.2, -0.15) is 4.98 Å². The van der Waals surface area contributed by atoms with Crippen molar-refractivity contribution in [1.29, 1.82) is 0 Å². The van der Waals surface area contributed by atoms with Gasteiger partial charge in [0.1, 0.15) is 0 Å². The summed E-state index contributed by atoms with van der Waals surface area (Å²) in [5.41, 5.74) is -1.31. The summed E-state index contributed by atoms with van der Waals surface area (Å²) in [6.45, 7) is 5.12. The van der Waals surface area contributed by atoms with E-state index in [2.05, 4.69) is 22.0 Å². The van der Waals surface area contributed by atoms with Gasteiger partial charge in [0.2, 0.25) is 11.7 Å². The van der Waals surface area contributed by atoms with E-state index in [9.17, 15) is 5.11 Å². The monoisotopic (exact) mass is 180 g/mol. The molecule has 1 unspecified atom stereocenters. The lowest BCUT2D eigenvalue weighted by Gasteiger charge is -2.09. The molecule has 0 saturated heterocycles. The van der Waals surface area contributed by atoms with Gasteiger partial charge in [-0.15, -0.1) is 5.92 Å². The smallest absolute Gasteiger partial charge is 0.223 e. The number of aliphatic hydroxyl groups is 1. The first-order valence-electron chi connectivity index (χ1n) is 4.09. The van der Waals surface area contributed by atoms with Gasteiger partial charge in [0, 0.05) is 13.3 Å². The summed E-state index contributed by atoms with van der Waals surface area (Å²) in [5, 5.41) is 13.4. The quantitative estimate of drug-likeness (QED) is 0.655. The van der Waals surface area contributed by atoms with E-state index < -0.39 is 5.60 Å². The van der Waals surface area contributed by atoms with Crippen LogP contribution in [0.4, 0.5) is 0 Å². The maximum atomic E-state index is 9.77. The summed E-state index contributed by atoms with van der Waals surface area (Å²) < 4.78 is 4.74. The predicted molar refractivity (Wildman–Crippen MR) is 46.7 cm³/mol. The zero-order valence-corrected chi connectivity index (χ0v) is 7.96. The molecule has 4 heteroatoms. The predicted octanol–water partition coefficient (Wildman–Crippen LogP) is 0.999. The molecule has 4 nitrogen and oxygen atoms in total. The van der Waals surface area contributed by atoms with Gasteiger partial charge in [0.15, 0.2) is 5.60 Å². The minimum Gasteiger partial charge on any atom is -0.371 e. The Kier molecular flexibility index (Phi) is 2.69. The van der Waals surface area contributed by atoms with Crippen molar-refractivity contribution in [3.63, 3.8) is 0 Å². The maximum absolute atomic E-state index is 9.77. The van der Waals surface area contributed by atoms with Gasteiger partial charge in [0.05, 0.1) is 0 Å². The van der Waals surface area contributed by atoms with Crippen LogP contribution in [0.1, 0.15) is 32.0 Å². The van der Waals surface area contributed by atoms with E-state index >= 15 is 0 Å². The third-order valence-electron chi connectivity index (χ3n) is 1.47. The topological polar surface area (TPSA) is 59.2 Å². The van der Waals surface area contributed by atoms with Crippen LogP contribution >= 0.6 is 0 Å². The average Bonchev–Trinajstić information content (AvgIpc) is 2.49. The van der Waals surface area contributed by atoms with Gasteiger partial charge in [0.25, 0.3) is 0 Å². The van der Waals surface area contributed by atoms with Crippen LogP contribution in [-0.4, -0.2) is 15.2 Å². The number of hydrogen-bond donors (Lipinski definition) is 1. The van der Waals surface area contributed by atoms with Gasteiger partial charge < -0.3 is 9.63 Å². The molecule has 0 radical (unpaired) electrons. The molecule has 1 aromatic heterocycles. The zero-order valence-electron chi connectivity index (χ0n) is 7.96. The van der Waals surface area contributed by atoms with Crippen molar-refractivity contribution in [2.75, 3.05) is 0 Å².